The van der Waals surface area contributed by atoms with Gasteiger partial charge < -0.3 is 9.97 Å². The van der Waals surface area contributed by atoms with Gasteiger partial charge in [0.1, 0.15) is 0 Å². The van der Waals surface area contributed by atoms with Crippen LogP contribution in [0.25, 0.3) is 22.5 Å². The molecule has 0 unspecified atom stereocenters. The van der Waals surface area contributed by atoms with Crippen molar-refractivity contribution in [3.63, 3.8) is 0 Å². The molecule has 0 bridgehead atoms. The minimum atomic E-state index is -1.35. The Morgan fingerprint density at radius 1 is 0.714 bits per heavy atom. The number of aryl methyl sites for hydroxylation is 2. The van der Waals surface area contributed by atoms with Gasteiger partial charge in [0.15, 0.2) is 0 Å². The number of aromatic nitrogens is 2. The molecule has 2 aromatic heterocycles. The summed E-state index contributed by atoms with van der Waals surface area (Å²) < 4.78 is 0. The first-order chi connectivity index (χ1) is 19.6. The van der Waals surface area contributed by atoms with Crippen LogP contribution in [0, 0.1) is 31.9 Å². The number of hydrogen-bond acceptors (Lipinski definition) is 2. The summed E-state index contributed by atoms with van der Waals surface area (Å²) in [7, 11) is -1.35. The third-order valence-corrected chi connectivity index (χ3v) is 9.06. The molecule has 0 atom stereocenters. The Morgan fingerprint density at radius 2 is 1.31 bits per heavy atom. The molecule has 2 heterocycles. The maximum Gasteiger partial charge on any atom is 0.0798 e. The van der Waals surface area contributed by atoms with E-state index in [2.05, 4.69) is 137 Å². The van der Waals surface area contributed by atoms with E-state index in [0.717, 1.165) is 35.4 Å². The molecule has 0 aliphatic carbocycles. The van der Waals surface area contributed by atoms with Gasteiger partial charge in [-0.05, 0) is 52.5 Å². The van der Waals surface area contributed by atoms with Crippen LogP contribution < -0.4 is 5.19 Å². The standard InChI is InChI=1S/C19H26NSi.C19H16N.Ir/c1-14(2)11-17-12-18(16-9-7-15(3)8-10-16)20-13-19(17)21(4,5)6;1-15-7-9-18(10-8-15)19-14-17(11-12-20-19)13-16-5-3-2-4-6-16;/h7-9,12-14H,11H2,1-6H3;2-9,11-12,14H,13H2,1H3;/q2*-1;. The second-order valence-corrected chi connectivity index (χ2v) is 17.4. The largest absolute Gasteiger partial charge is 0.305 e. The van der Waals surface area contributed by atoms with Gasteiger partial charge in [-0.25, -0.2) is 0 Å². The summed E-state index contributed by atoms with van der Waals surface area (Å²) in [5.74, 6) is 0.664. The van der Waals surface area contributed by atoms with Crippen LogP contribution in [0.5, 0.6) is 0 Å². The monoisotopic (exact) mass is 747 g/mol. The first-order valence-electron chi connectivity index (χ1n) is 14.5. The minimum Gasteiger partial charge on any atom is -0.305 e. The van der Waals surface area contributed by atoms with Gasteiger partial charge in [0.05, 0.1) is 8.07 Å². The van der Waals surface area contributed by atoms with Crippen LogP contribution in [0.3, 0.4) is 0 Å². The van der Waals surface area contributed by atoms with Crippen LogP contribution >= 0.6 is 0 Å². The molecule has 42 heavy (non-hydrogen) atoms. The fourth-order valence-corrected chi connectivity index (χ4v) is 6.40. The Bertz CT molecular complexity index is 1540. The fraction of sp³-hybridized carbons (Fsp3) is 0.263. The maximum atomic E-state index is 4.72. The molecule has 1 radical (unpaired) electrons. The summed E-state index contributed by atoms with van der Waals surface area (Å²) in [5, 5.41) is 1.49. The quantitative estimate of drug-likeness (QED) is 0.123. The molecule has 0 aliphatic heterocycles. The second-order valence-electron chi connectivity index (χ2n) is 12.3. The van der Waals surface area contributed by atoms with Gasteiger partial charge in [0, 0.05) is 32.5 Å². The van der Waals surface area contributed by atoms with Crippen LogP contribution in [-0.4, -0.2) is 18.0 Å². The first kappa shape index (κ1) is 33.3. The average Bonchev–Trinajstić information content (AvgIpc) is 2.94. The molecular formula is C38H42IrN2Si-2. The third-order valence-electron chi connectivity index (χ3n) is 6.99. The Hall–Kier alpha value is -3.17. The minimum absolute atomic E-state index is 0. The predicted octanol–water partition coefficient (Wildman–Crippen LogP) is 9.05. The Kier molecular flexibility index (Phi) is 12.2. The molecule has 0 fully saturated rings. The van der Waals surface area contributed by atoms with Crippen molar-refractivity contribution in [1.82, 2.24) is 9.97 Å². The average molecular weight is 747 g/mol. The smallest absolute Gasteiger partial charge is 0.0798 e. The molecule has 5 rings (SSSR count). The molecule has 0 spiro atoms. The van der Waals surface area contributed by atoms with Crippen molar-refractivity contribution in [3.8, 4) is 22.5 Å². The number of pyridine rings is 2. The van der Waals surface area contributed by atoms with E-state index in [1.807, 2.05) is 24.4 Å². The van der Waals surface area contributed by atoms with Gasteiger partial charge in [-0.15, -0.1) is 70.8 Å². The number of benzene rings is 3. The van der Waals surface area contributed by atoms with E-state index in [-0.39, 0.29) is 20.1 Å². The van der Waals surface area contributed by atoms with Gasteiger partial charge in [-0.3, -0.25) is 0 Å². The van der Waals surface area contributed by atoms with Gasteiger partial charge in [-0.1, -0.05) is 95.4 Å². The summed E-state index contributed by atoms with van der Waals surface area (Å²) in [5.41, 5.74) is 10.7. The summed E-state index contributed by atoms with van der Waals surface area (Å²) in [6, 6.07) is 36.1. The third kappa shape index (κ3) is 9.69. The van der Waals surface area contributed by atoms with Gasteiger partial charge in [0.25, 0.3) is 0 Å². The van der Waals surface area contributed by atoms with E-state index in [1.54, 1.807) is 0 Å². The van der Waals surface area contributed by atoms with Gasteiger partial charge >= 0.3 is 0 Å². The van der Waals surface area contributed by atoms with Gasteiger partial charge in [0.2, 0.25) is 0 Å². The van der Waals surface area contributed by atoms with Crippen molar-refractivity contribution in [2.24, 2.45) is 5.92 Å². The Labute approximate surface area is 268 Å². The molecule has 0 saturated heterocycles. The molecule has 0 N–H and O–H groups in total. The van der Waals surface area contributed by atoms with Crippen molar-refractivity contribution in [2.75, 3.05) is 0 Å². The van der Waals surface area contributed by atoms with Crippen molar-refractivity contribution in [3.05, 3.63) is 137 Å². The first-order valence-corrected chi connectivity index (χ1v) is 18.0. The zero-order chi connectivity index (χ0) is 29.4. The van der Waals surface area contributed by atoms with E-state index in [0.29, 0.717) is 5.92 Å². The summed E-state index contributed by atoms with van der Waals surface area (Å²) in [4.78, 5) is 9.17. The molecule has 0 amide bonds. The van der Waals surface area contributed by atoms with Crippen molar-refractivity contribution in [2.45, 2.75) is 60.2 Å². The molecule has 219 valence electrons. The van der Waals surface area contributed by atoms with E-state index in [4.69, 9.17) is 4.98 Å². The molecule has 0 saturated carbocycles. The summed E-state index contributed by atoms with van der Waals surface area (Å²) in [6.45, 7) is 15.9. The van der Waals surface area contributed by atoms with Crippen LogP contribution in [0.2, 0.25) is 19.6 Å². The zero-order valence-corrected chi connectivity index (χ0v) is 29.4. The van der Waals surface area contributed by atoms with E-state index in [9.17, 15) is 0 Å². The van der Waals surface area contributed by atoms with Crippen LogP contribution in [0.4, 0.5) is 0 Å². The summed E-state index contributed by atoms with van der Waals surface area (Å²) >= 11 is 0. The topological polar surface area (TPSA) is 25.8 Å². The molecule has 5 aromatic rings. The van der Waals surface area contributed by atoms with Crippen molar-refractivity contribution in [1.29, 1.82) is 0 Å². The molecule has 0 aliphatic rings. The number of rotatable bonds is 7. The predicted molar refractivity (Wildman–Crippen MR) is 177 cm³/mol. The second kappa shape index (κ2) is 15.3. The van der Waals surface area contributed by atoms with E-state index in [1.165, 1.54) is 33.0 Å². The fourth-order valence-electron chi connectivity index (χ4n) is 4.82. The maximum absolute atomic E-state index is 4.72. The van der Waals surface area contributed by atoms with Crippen LogP contribution in [-0.2, 0) is 32.9 Å². The van der Waals surface area contributed by atoms with Crippen molar-refractivity contribution < 1.29 is 20.1 Å². The van der Waals surface area contributed by atoms with Crippen LogP contribution in [0.1, 0.15) is 41.7 Å². The van der Waals surface area contributed by atoms with Crippen LogP contribution in [0.15, 0.2) is 97.3 Å². The molecule has 3 aromatic carbocycles. The number of hydrogen-bond donors (Lipinski definition) is 0. The SMILES string of the molecule is Cc1c[c-]c(-c2cc(CC(C)C)c([Si](C)(C)C)cn2)cc1.Cc1c[c-]c(-c2cc(Cc3ccccc3)ccn2)cc1.[Ir]. The molecule has 4 heteroatoms. The van der Waals surface area contributed by atoms with Crippen molar-refractivity contribution >= 4 is 13.3 Å². The van der Waals surface area contributed by atoms with E-state index < -0.39 is 8.07 Å². The molecular weight excluding hydrogens is 705 g/mol. The van der Waals surface area contributed by atoms with Gasteiger partial charge in [-0.2, -0.15) is 0 Å². The Balaban J connectivity index is 0.000000225. The van der Waals surface area contributed by atoms with E-state index >= 15 is 0 Å². The number of nitrogens with zero attached hydrogens (tertiary/aromatic N) is 2. The summed E-state index contributed by atoms with van der Waals surface area (Å²) in [6.07, 6.45) is 6.05. The normalized spacial score (nSPS) is 11.0. The molecule has 2 nitrogen and oxygen atoms in total. The Morgan fingerprint density at radius 3 is 1.83 bits per heavy atom. The zero-order valence-electron chi connectivity index (χ0n) is 26.0.